The van der Waals surface area contributed by atoms with Crippen molar-refractivity contribution in [1.82, 2.24) is 9.62 Å². The molecule has 0 radical (unpaired) electrons. The number of halogens is 1. The van der Waals surface area contributed by atoms with E-state index < -0.39 is 15.9 Å². The topological polar surface area (TPSA) is 75.7 Å². The Morgan fingerprint density at radius 3 is 2.42 bits per heavy atom. The van der Waals surface area contributed by atoms with Gasteiger partial charge in [-0.15, -0.1) is 0 Å². The average Bonchev–Trinajstić information content (AvgIpc) is 2.78. The normalized spacial score (nSPS) is 18.2. The summed E-state index contributed by atoms with van der Waals surface area (Å²) in [5.41, 5.74) is 3.17. The molecule has 2 aromatic carbocycles. The summed E-state index contributed by atoms with van der Waals surface area (Å²) in [5, 5.41) is 3.59. The Hall–Kier alpha value is -2.09. The summed E-state index contributed by atoms with van der Waals surface area (Å²) in [5.74, 6) is 0.610. The molecule has 3 rings (SSSR count). The minimum atomic E-state index is -3.67. The minimum absolute atomic E-state index is 0.125. The second-order valence-electron chi connectivity index (χ2n) is 8.99. The summed E-state index contributed by atoms with van der Waals surface area (Å²) < 4.78 is 33.0. The van der Waals surface area contributed by atoms with Gasteiger partial charge in [-0.2, -0.15) is 4.31 Å². The van der Waals surface area contributed by atoms with Crippen molar-refractivity contribution in [2.24, 2.45) is 5.92 Å². The predicted octanol–water partition coefficient (Wildman–Crippen LogP) is 5.06. The van der Waals surface area contributed by atoms with E-state index in [1.807, 2.05) is 19.9 Å². The molecule has 0 saturated carbocycles. The fraction of sp³-hybridized carbons (Fsp3) is 0.480. The van der Waals surface area contributed by atoms with Gasteiger partial charge in [0.05, 0.1) is 24.0 Å². The van der Waals surface area contributed by atoms with E-state index in [4.69, 9.17) is 16.3 Å². The molecule has 0 spiro atoms. The lowest BCUT2D eigenvalue weighted by Gasteiger charge is -2.32. The van der Waals surface area contributed by atoms with Gasteiger partial charge in [-0.25, -0.2) is 8.42 Å². The van der Waals surface area contributed by atoms with E-state index in [1.54, 1.807) is 19.2 Å². The van der Waals surface area contributed by atoms with E-state index in [0.29, 0.717) is 24.4 Å². The maximum Gasteiger partial charge on any atom is 0.243 e. The number of aryl methyl sites for hydroxylation is 1. The van der Waals surface area contributed by atoms with Crippen LogP contribution in [-0.2, 0) is 14.8 Å². The molecule has 8 heteroatoms. The highest BCUT2D eigenvalue weighted by Crippen LogP contribution is 2.32. The Bertz CT molecular complexity index is 1100. The predicted molar refractivity (Wildman–Crippen MR) is 131 cm³/mol. The van der Waals surface area contributed by atoms with Crippen molar-refractivity contribution in [2.45, 2.75) is 57.4 Å². The number of carbonyl (C=O) groups excluding carboxylic acids is 1. The number of sulfonamides is 1. The van der Waals surface area contributed by atoms with Crippen LogP contribution in [0.5, 0.6) is 5.75 Å². The molecule has 6 nitrogen and oxygen atoms in total. The lowest BCUT2D eigenvalue weighted by Crippen LogP contribution is -2.45. The van der Waals surface area contributed by atoms with Crippen LogP contribution < -0.4 is 10.1 Å². The highest BCUT2D eigenvalue weighted by atomic mass is 35.5. The molecular formula is C25H33ClN2O4S. The third-order valence-electron chi connectivity index (χ3n) is 6.27. The van der Waals surface area contributed by atoms with Gasteiger partial charge in [0.15, 0.2) is 0 Å². The van der Waals surface area contributed by atoms with E-state index >= 15 is 0 Å². The van der Waals surface area contributed by atoms with Crippen molar-refractivity contribution in [2.75, 3.05) is 20.2 Å². The fourth-order valence-corrected chi connectivity index (χ4v) is 6.00. The van der Waals surface area contributed by atoms with E-state index in [1.165, 1.54) is 16.4 Å². The van der Waals surface area contributed by atoms with Gasteiger partial charge in [0, 0.05) is 18.1 Å². The van der Waals surface area contributed by atoms with Crippen LogP contribution in [0.1, 0.15) is 62.3 Å². The molecule has 180 valence electrons. The number of methoxy groups -OCH3 is 1. The van der Waals surface area contributed by atoms with Crippen molar-refractivity contribution in [3.8, 4) is 5.75 Å². The molecule has 2 atom stereocenters. The average molecular weight is 493 g/mol. The largest absolute Gasteiger partial charge is 0.496 e. The molecule has 0 aliphatic carbocycles. The van der Waals surface area contributed by atoms with Crippen molar-refractivity contribution in [3.63, 3.8) is 0 Å². The zero-order valence-corrected chi connectivity index (χ0v) is 21.5. The smallest absolute Gasteiger partial charge is 0.243 e. The Labute approximate surface area is 202 Å². The van der Waals surface area contributed by atoms with Crippen molar-refractivity contribution in [3.05, 3.63) is 58.1 Å². The molecule has 1 fully saturated rings. The van der Waals surface area contributed by atoms with Gasteiger partial charge >= 0.3 is 0 Å². The zero-order chi connectivity index (χ0) is 24.3. The van der Waals surface area contributed by atoms with Crippen LogP contribution in [0, 0.1) is 12.8 Å². The molecule has 1 amide bonds. The number of benzene rings is 2. The molecule has 1 aliphatic heterocycles. The summed E-state index contributed by atoms with van der Waals surface area (Å²) in [4.78, 5) is 13.3. The van der Waals surface area contributed by atoms with Crippen LogP contribution in [0.3, 0.4) is 0 Å². The summed E-state index contributed by atoms with van der Waals surface area (Å²) in [6, 6.07) is 10.0. The van der Waals surface area contributed by atoms with E-state index in [2.05, 4.69) is 25.2 Å². The van der Waals surface area contributed by atoms with E-state index in [9.17, 15) is 13.2 Å². The molecule has 0 bridgehead atoms. The molecule has 33 heavy (non-hydrogen) atoms. The molecule has 1 saturated heterocycles. The van der Waals surface area contributed by atoms with Gasteiger partial charge < -0.3 is 10.1 Å². The minimum Gasteiger partial charge on any atom is -0.496 e. The number of ether oxygens (including phenoxy) is 1. The van der Waals surface area contributed by atoms with Crippen LogP contribution in [0.15, 0.2) is 41.3 Å². The number of hydrogen-bond acceptors (Lipinski definition) is 4. The molecule has 2 aromatic rings. The van der Waals surface area contributed by atoms with E-state index in [0.717, 1.165) is 22.4 Å². The molecule has 1 aliphatic rings. The quantitative estimate of drug-likeness (QED) is 0.586. The number of piperidine rings is 1. The van der Waals surface area contributed by atoms with Gasteiger partial charge in [-0.1, -0.05) is 25.4 Å². The Balaban J connectivity index is 1.74. The lowest BCUT2D eigenvalue weighted by molar-refractivity contribution is -0.126. The molecule has 0 unspecified atom stereocenters. The lowest BCUT2D eigenvalue weighted by atomic mass is 9.92. The summed E-state index contributed by atoms with van der Waals surface area (Å²) in [6.45, 7) is 8.76. The first-order valence-corrected chi connectivity index (χ1v) is 13.1. The fourth-order valence-electron chi connectivity index (χ4n) is 4.35. The maximum absolute atomic E-state index is 13.1. The van der Waals surface area contributed by atoms with E-state index in [-0.39, 0.29) is 29.3 Å². The van der Waals surface area contributed by atoms with Gasteiger partial charge in [-0.05, 0) is 85.7 Å². The van der Waals surface area contributed by atoms with Crippen LogP contribution in [0.4, 0.5) is 0 Å². The van der Waals surface area contributed by atoms with Crippen molar-refractivity contribution < 1.29 is 17.9 Å². The van der Waals surface area contributed by atoms with Gasteiger partial charge in [0.25, 0.3) is 0 Å². The summed E-state index contributed by atoms with van der Waals surface area (Å²) in [6.07, 6.45) is 1.29. The number of nitrogens with zero attached hydrogens (tertiary/aromatic N) is 1. The molecule has 1 N–H and O–H groups in total. The highest BCUT2D eigenvalue weighted by molar-refractivity contribution is 7.89. The third-order valence-corrected chi connectivity index (χ3v) is 8.40. The standard InChI is InChI=1S/C25H33ClN2O4S/c1-16(2)22-14-23(17(3)13-24(22)32-5)18(4)27-25(29)19-7-6-12-28(15-19)33(30,31)21-10-8-20(26)9-11-21/h8-11,13-14,16,18-19H,6-7,12,15H2,1-5H3,(H,27,29)/t18-,19-/m0/s1. The number of hydrogen-bond donors (Lipinski definition) is 1. The molecular weight excluding hydrogens is 460 g/mol. The van der Waals surface area contributed by atoms with Crippen molar-refractivity contribution in [1.29, 1.82) is 0 Å². The summed E-state index contributed by atoms with van der Waals surface area (Å²) in [7, 11) is -2.01. The van der Waals surface area contributed by atoms with Crippen LogP contribution >= 0.6 is 11.6 Å². The second kappa shape index (κ2) is 10.5. The second-order valence-corrected chi connectivity index (χ2v) is 11.4. The number of amides is 1. The third kappa shape index (κ3) is 5.70. The first-order valence-electron chi connectivity index (χ1n) is 11.3. The number of nitrogens with one attached hydrogen (secondary N) is 1. The molecule has 1 heterocycles. The van der Waals surface area contributed by atoms with Gasteiger partial charge in [0.1, 0.15) is 5.75 Å². The Morgan fingerprint density at radius 2 is 1.82 bits per heavy atom. The zero-order valence-electron chi connectivity index (χ0n) is 19.9. The van der Waals surface area contributed by atoms with Crippen LogP contribution in [0.25, 0.3) is 0 Å². The SMILES string of the molecule is COc1cc(C)c([C@H](C)NC(=O)[C@H]2CCCN(S(=O)(=O)c3ccc(Cl)cc3)C2)cc1C(C)C. The van der Waals surface area contributed by atoms with Gasteiger partial charge in [0.2, 0.25) is 15.9 Å². The Morgan fingerprint density at radius 1 is 1.15 bits per heavy atom. The van der Waals surface area contributed by atoms with Crippen LogP contribution in [-0.4, -0.2) is 38.8 Å². The molecule has 0 aromatic heterocycles. The van der Waals surface area contributed by atoms with Crippen LogP contribution in [0.2, 0.25) is 5.02 Å². The van der Waals surface area contributed by atoms with Crippen molar-refractivity contribution >= 4 is 27.5 Å². The highest BCUT2D eigenvalue weighted by Gasteiger charge is 2.34. The number of rotatable bonds is 7. The van der Waals surface area contributed by atoms with Gasteiger partial charge in [-0.3, -0.25) is 4.79 Å². The Kier molecular flexibility index (Phi) is 8.08. The first-order chi connectivity index (χ1) is 15.5. The summed E-state index contributed by atoms with van der Waals surface area (Å²) >= 11 is 5.90. The maximum atomic E-state index is 13.1. The first kappa shape index (κ1) is 25.5. The number of carbonyl (C=O) groups is 1. The monoisotopic (exact) mass is 492 g/mol.